The maximum absolute atomic E-state index is 13.8. The molecule has 1 atom stereocenters. The van der Waals surface area contributed by atoms with Crippen LogP contribution in [0.5, 0.6) is 5.75 Å². The van der Waals surface area contributed by atoms with E-state index in [0.29, 0.717) is 11.7 Å². The Labute approximate surface area is 147 Å². The first-order valence-corrected chi connectivity index (χ1v) is 8.87. The van der Waals surface area contributed by atoms with Crippen molar-refractivity contribution in [2.75, 3.05) is 20.2 Å². The van der Waals surface area contributed by atoms with Crippen LogP contribution in [0.3, 0.4) is 0 Å². The van der Waals surface area contributed by atoms with Gasteiger partial charge in [-0.3, -0.25) is 9.69 Å². The molecule has 0 aliphatic carbocycles. The fourth-order valence-electron chi connectivity index (χ4n) is 3.58. The largest absolute Gasteiger partial charge is 0.491 e. The number of aromatic nitrogens is 1. The topological polar surface area (TPSA) is 45.3 Å². The summed E-state index contributed by atoms with van der Waals surface area (Å²) in [4.78, 5) is 17.4. The molecule has 0 amide bonds. The molecule has 1 aromatic heterocycles. The minimum atomic E-state index is -0.106. The van der Waals surface area contributed by atoms with Gasteiger partial charge in [0.25, 0.3) is 0 Å². The molecule has 0 spiro atoms. The quantitative estimate of drug-likeness (QED) is 0.874. The van der Waals surface area contributed by atoms with Crippen molar-refractivity contribution in [2.45, 2.75) is 32.2 Å². The van der Waals surface area contributed by atoms with Crippen LogP contribution in [0.1, 0.15) is 30.5 Å². The van der Waals surface area contributed by atoms with Gasteiger partial charge in [0.05, 0.1) is 7.11 Å². The number of pyridine rings is 1. The number of hydrogen-bond donors (Lipinski definition) is 1. The second-order valence-electron chi connectivity index (χ2n) is 6.76. The van der Waals surface area contributed by atoms with E-state index in [-0.39, 0.29) is 11.2 Å². The Bertz CT molecular complexity index is 759. The SMILES string of the molecule is COc1c[nH]c(CN2CCC[C@H](CCc3ccccc3F)C2)cc1=O. The molecule has 134 valence electrons. The van der Waals surface area contributed by atoms with Gasteiger partial charge in [-0.2, -0.15) is 0 Å². The predicted octanol–water partition coefficient (Wildman–Crippen LogP) is 3.37. The molecule has 0 unspecified atom stereocenters. The van der Waals surface area contributed by atoms with Crippen molar-refractivity contribution in [2.24, 2.45) is 5.92 Å². The van der Waals surface area contributed by atoms with Gasteiger partial charge in [0, 0.05) is 31.0 Å². The third kappa shape index (κ3) is 4.69. The van der Waals surface area contributed by atoms with E-state index in [9.17, 15) is 9.18 Å². The van der Waals surface area contributed by atoms with Crippen molar-refractivity contribution in [1.29, 1.82) is 0 Å². The number of benzene rings is 1. The number of H-pyrrole nitrogens is 1. The van der Waals surface area contributed by atoms with Gasteiger partial charge < -0.3 is 9.72 Å². The molecule has 2 aromatic rings. The highest BCUT2D eigenvalue weighted by atomic mass is 19.1. The van der Waals surface area contributed by atoms with Crippen LogP contribution >= 0.6 is 0 Å². The van der Waals surface area contributed by atoms with Crippen molar-refractivity contribution in [1.82, 2.24) is 9.88 Å². The lowest BCUT2D eigenvalue weighted by Gasteiger charge is -2.32. The van der Waals surface area contributed by atoms with E-state index in [0.717, 1.165) is 50.2 Å². The van der Waals surface area contributed by atoms with Gasteiger partial charge in [0.1, 0.15) is 5.82 Å². The van der Waals surface area contributed by atoms with Crippen LogP contribution in [0.2, 0.25) is 0 Å². The zero-order chi connectivity index (χ0) is 17.6. The lowest BCUT2D eigenvalue weighted by molar-refractivity contribution is 0.160. The second-order valence-corrected chi connectivity index (χ2v) is 6.76. The Morgan fingerprint density at radius 3 is 2.96 bits per heavy atom. The van der Waals surface area contributed by atoms with Gasteiger partial charge in [-0.1, -0.05) is 18.2 Å². The lowest BCUT2D eigenvalue weighted by Crippen LogP contribution is -2.35. The number of piperidine rings is 1. The van der Waals surface area contributed by atoms with E-state index >= 15 is 0 Å². The first-order chi connectivity index (χ1) is 12.2. The summed E-state index contributed by atoms with van der Waals surface area (Å²) in [6.45, 7) is 2.75. The minimum Gasteiger partial charge on any atom is -0.491 e. The Morgan fingerprint density at radius 2 is 2.20 bits per heavy atom. The Hall–Kier alpha value is -2.14. The standard InChI is InChI=1S/C20H25FN2O2/c1-25-20-12-22-17(11-19(20)24)14-23-10-4-5-15(13-23)8-9-16-6-2-3-7-18(16)21/h2-3,6-7,11-12,15H,4-5,8-10,13-14H2,1H3,(H,22,24)/t15-/m1/s1. The summed E-state index contributed by atoms with van der Waals surface area (Å²) in [6.07, 6.45) is 5.73. The van der Waals surface area contributed by atoms with Crippen LogP contribution in [0.15, 0.2) is 41.3 Å². The van der Waals surface area contributed by atoms with Crippen molar-refractivity contribution >= 4 is 0 Å². The van der Waals surface area contributed by atoms with Gasteiger partial charge >= 0.3 is 0 Å². The monoisotopic (exact) mass is 344 g/mol. The normalized spacial score (nSPS) is 18.2. The Morgan fingerprint density at radius 1 is 1.36 bits per heavy atom. The molecule has 1 N–H and O–H groups in total. The fourth-order valence-corrected chi connectivity index (χ4v) is 3.58. The number of aryl methyl sites for hydroxylation is 1. The molecule has 3 rings (SSSR count). The van der Waals surface area contributed by atoms with Crippen LogP contribution in [0, 0.1) is 11.7 Å². The van der Waals surface area contributed by atoms with Gasteiger partial charge in [0.2, 0.25) is 5.43 Å². The molecular formula is C20H25FN2O2. The minimum absolute atomic E-state index is 0.0932. The van der Waals surface area contributed by atoms with Crippen LogP contribution in [-0.2, 0) is 13.0 Å². The number of hydrogen-bond acceptors (Lipinski definition) is 3. The maximum Gasteiger partial charge on any atom is 0.223 e. The predicted molar refractivity (Wildman–Crippen MR) is 96.3 cm³/mol. The number of aromatic amines is 1. The molecule has 1 aromatic carbocycles. The van der Waals surface area contributed by atoms with Crippen LogP contribution in [0.4, 0.5) is 4.39 Å². The summed E-state index contributed by atoms with van der Waals surface area (Å²) in [6, 6.07) is 8.64. The molecule has 2 heterocycles. The van der Waals surface area contributed by atoms with Gasteiger partial charge in [0.15, 0.2) is 5.75 Å². The zero-order valence-electron chi connectivity index (χ0n) is 14.6. The highest BCUT2D eigenvalue weighted by Gasteiger charge is 2.20. The van der Waals surface area contributed by atoms with Gasteiger partial charge in [-0.15, -0.1) is 0 Å². The number of halogens is 1. The summed E-state index contributed by atoms with van der Waals surface area (Å²) in [5.41, 5.74) is 1.61. The van der Waals surface area contributed by atoms with E-state index in [1.807, 2.05) is 12.1 Å². The average molecular weight is 344 g/mol. The molecule has 1 aliphatic rings. The summed E-state index contributed by atoms with van der Waals surface area (Å²) >= 11 is 0. The first kappa shape index (κ1) is 17.7. The number of nitrogens with zero attached hydrogens (tertiary/aromatic N) is 1. The van der Waals surface area contributed by atoms with E-state index in [2.05, 4.69) is 9.88 Å². The Kier molecular flexibility index (Phi) is 5.87. The molecule has 4 nitrogen and oxygen atoms in total. The molecule has 1 aliphatic heterocycles. The zero-order valence-corrected chi connectivity index (χ0v) is 14.6. The third-order valence-corrected chi connectivity index (χ3v) is 4.93. The number of nitrogens with one attached hydrogen (secondary N) is 1. The average Bonchev–Trinajstić information content (AvgIpc) is 2.62. The van der Waals surface area contributed by atoms with E-state index in [1.165, 1.54) is 19.6 Å². The third-order valence-electron chi connectivity index (χ3n) is 4.93. The molecule has 1 saturated heterocycles. The number of rotatable bonds is 6. The molecule has 1 fully saturated rings. The van der Waals surface area contributed by atoms with Crippen molar-refractivity contribution in [3.63, 3.8) is 0 Å². The van der Waals surface area contributed by atoms with Gasteiger partial charge in [-0.25, -0.2) is 4.39 Å². The molecule has 5 heteroatoms. The van der Waals surface area contributed by atoms with Crippen molar-refractivity contribution in [3.05, 3.63) is 63.8 Å². The van der Waals surface area contributed by atoms with Crippen molar-refractivity contribution < 1.29 is 9.13 Å². The maximum atomic E-state index is 13.8. The summed E-state index contributed by atoms with van der Waals surface area (Å²) in [5.74, 6) is 0.800. The molecule has 0 radical (unpaired) electrons. The molecule has 0 bridgehead atoms. The summed E-state index contributed by atoms with van der Waals surface area (Å²) < 4.78 is 18.8. The molecule has 25 heavy (non-hydrogen) atoms. The van der Waals surface area contributed by atoms with Crippen LogP contribution < -0.4 is 10.2 Å². The second kappa shape index (κ2) is 8.30. The van der Waals surface area contributed by atoms with Crippen molar-refractivity contribution in [3.8, 4) is 5.75 Å². The summed E-state index contributed by atoms with van der Waals surface area (Å²) in [7, 11) is 1.50. The van der Waals surface area contributed by atoms with Gasteiger partial charge in [-0.05, 0) is 49.8 Å². The highest BCUT2D eigenvalue weighted by Crippen LogP contribution is 2.23. The smallest absolute Gasteiger partial charge is 0.223 e. The van der Waals surface area contributed by atoms with Crippen LogP contribution in [0.25, 0.3) is 0 Å². The molecule has 0 saturated carbocycles. The summed E-state index contributed by atoms with van der Waals surface area (Å²) in [5, 5.41) is 0. The van der Waals surface area contributed by atoms with E-state index < -0.39 is 0 Å². The fraction of sp³-hybridized carbons (Fsp3) is 0.450. The van der Waals surface area contributed by atoms with E-state index in [1.54, 1.807) is 18.3 Å². The first-order valence-electron chi connectivity index (χ1n) is 8.87. The van der Waals surface area contributed by atoms with Crippen LogP contribution in [-0.4, -0.2) is 30.1 Å². The molecular weight excluding hydrogens is 319 g/mol. The number of likely N-dealkylation sites (tertiary alicyclic amines) is 1. The highest BCUT2D eigenvalue weighted by molar-refractivity contribution is 5.20. The Balaban J connectivity index is 1.55. The number of methoxy groups -OCH3 is 1. The number of ether oxygens (including phenoxy) is 1. The lowest BCUT2D eigenvalue weighted by atomic mass is 9.91. The van der Waals surface area contributed by atoms with E-state index in [4.69, 9.17) is 4.74 Å².